The van der Waals surface area contributed by atoms with Crippen LogP contribution in [0.2, 0.25) is 5.02 Å². The number of amides is 2. The Hall–Kier alpha value is -2.97. The minimum atomic E-state index is -0.581. The van der Waals surface area contributed by atoms with Crippen LogP contribution in [0.3, 0.4) is 0 Å². The van der Waals surface area contributed by atoms with Crippen molar-refractivity contribution < 1.29 is 24.0 Å². The molecule has 0 N–H and O–H groups in total. The van der Waals surface area contributed by atoms with Crippen LogP contribution in [0.5, 0.6) is 11.5 Å². The molecule has 0 aliphatic carbocycles. The van der Waals surface area contributed by atoms with E-state index in [1.54, 1.807) is 18.2 Å². The van der Waals surface area contributed by atoms with Gasteiger partial charge in [0, 0.05) is 17.2 Å². The second-order valence-corrected chi connectivity index (χ2v) is 8.22. The van der Waals surface area contributed by atoms with Gasteiger partial charge in [-0.3, -0.25) is 19.7 Å². The van der Waals surface area contributed by atoms with Crippen molar-refractivity contribution in [3.8, 4) is 11.5 Å². The lowest BCUT2D eigenvalue weighted by Crippen LogP contribution is -2.34. The number of carbonyl (C=O) groups is 2. The molecule has 154 valence electrons. The van der Waals surface area contributed by atoms with Crippen LogP contribution in [0.25, 0.3) is 0 Å². The summed E-state index contributed by atoms with van der Waals surface area (Å²) in [6.07, 6.45) is 0.983. The van der Waals surface area contributed by atoms with Gasteiger partial charge in [0.25, 0.3) is 5.69 Å². The predicted molar refractivity (Wildman–Crippen MR) is 107 cm³/mol. The Morgan fingerprint density at radius 2 is 1.73 bits per heavy atom. The van der Waals surface area contributed by atoms with Crippen molar-refractivity contribution in [2.24, 2.45) is 11.8 Å². The van der Waals surface area contributed by atoms with Gasteiger partial charge in [-0.25, -0.2) is 4.90 Å². The topological polar surface area (TPSA) is 99.0 Å². The van der Waals surface area contributed by atoms with E-state index in [2.05, 4.69) is 0 Å². The molecule has 2 bridgehead atoms. The summed E-state index contributed by atoms with van der Waals surface area (Å²) in [4.78, 5) is 38.0. The van der Waals surface area contributed by atoms with Gasteiger partial charge in [0.1, 0.15) is 11.5 Å². The number of imide groups is 1. The molecule has 0 aromatic heterocycles. The summed E-state index contributed by atoms with van der Waals surface area (Å²) < 4.78 is 11.5. The molecule has 5 rings (SSSR count). The molecule has 4 atom stereocenters. The van der Waals surface area contributed by atoms with Crippen LogP contribution in [0.1, 0.15) is 18.4 Å². The molecule has 2 amide bonds. The highest BCUT2D eigenvalue weighted by atomic mass is 35.5. The molecule has 2 aromatic carbocycles. The molecule has 3 heterocycles. The van der Waals surface area contributed by atoms with E-state index in [1.807, 2.05) is 6.92 Å². The van der Waals surface area contributed by atoms with Crippen molar-refractivity contribution in [3.05, 3.63) is 57.1 Å². The van der Waals surface area contributed by atoms with Gasteiger partial charge in [0.2, 0.25) is 11.8 Å². The first kappa shape index (κ1) is 19.0. The third-order valence-electron chi connectivity index (χ3n) is 5.99. The zero-order chi connectivity index (χ0) is 21.2. The third kappa shape index (κ3) is 2.86. The number of carbonyl (C=O) groups excluding carboxylic acids is 2. The zero-order valence-electron chi connectivity index (χ0n) is 15.9. The molecule has 8 nitrogen and oxygen atoms in total. The van der Waals surface area contributed by atoms with Crippen molar-refractivity contribution in [1.82, 2.24) is 0 Å². The molecule has 3 saturated heterocycles. The fraction of sp³-hybridized carbons (Fsp3) is 0.333. The van der Waals surface area contributed by atoms with Gasteiger partial charge < -0.3 is 9.47 Å². The number of nitrogens with zero attached hydrogens (tertiary/aromatic N) is 2. The Morgan fingerprint density at radius 1 is 1.07 bits per heavy atom. The molecule has 2 aromatic rings. The zero-order valence-corrected chi connectivity index (χ0v) is 16.7. The van der Waals surface area contributed by atoms with E-state index >= 15 is 0 Å². The van der Waals surface area contributed by atoms with E-state index in [9.17, 15) is 19.7 Å². The summed E-state index contributed by atoms with van der Waals surface area (Å²) in [5.74, 6) is -1.18. The first-order valence-electron chi connectivity index (χ1n) is 9.60. The number of benzene rings is 2. The third-order valence-corrected chi connectivity index (χ3v) is 6.42. The van der Waals surface area contributed by atoms with Crippen LogP contribution in [-0.4, -0.2) is 28.9 Å². The van der Waals surface area contributed by atoms with Crippen LogP contribution in [0.4, 0.5) is 11.4 Å². The van der Waals surface area contributed by atoms with Crippen molar-refractivity contribution >= 4 is 34.8 Å². The molecule has 0 unspecified atom stereocenters. The largest absolute Gasteiger partial charge is 0.457 e. The monoisotopic (exact) mass is 428 g/mol. The Labute approximate surface area is 176 Å². The van der Waals surface area contributed by atoms with Crippen LogP contribution in [-0.2, 0) is 14.3 Å². The van der Waals surface area contributed by atoms with Gasteiger partial charge in [0.15, 0.2) is 0 Å². The average Bonchev–Trinajstić information content (AvgIpc) is 3.38. The van der Waals surface area contributed by atoms with Gasteiger partial charge in [-0.2, -0.15) is 0 Å². The highest BCUT2D eigenvalue weighted by Crippen LogP contribution is 2.50. The maximum absolute atomic E-state index is 13.0. The average molecular weight is 429 g/mol. The van der Waals surface area contributed by atoms with Crippen molar-refractivity contribution in [3.63, 3.8) is 0 Å². The number of halogens is 1. The van der Waals surface area contributed by atoms with E-state index in [0.29, 0.717) is 10.8 Å². The fourth-order valence-corrected chi connectivity index (χ4v) is 4.76. The summed E-state index contributed by atoms with van der Waals surface area (Å²) in [5, 5.41) is 12.0. The standard InChI is InChI=1S/C21H17ClN2O6/c1-10-6-13(2-3-15(10)22)29-14-8-11(7-12(9-14)24(27)28)23-20(25)18-16-4-5-17(30-16)19(18)21(23)26/h2-3,6-9,16-19H,4-5H2,1H3/t16-,17+,18-,19+. The van der Waals surface area contributed by atoms with Gasteiger partial charge in [-0.15, -0.1) is 0 Å². The second kappa shape index (κ2) is 6.78. The lowest BCUT2D eigenvalue weighted by molar-refractivity contribution is -0.384. The lowest BCUT2D eigenvalue weighted by Gasteiger charge is -2.18. The van der Waals surface area contributed by atoms with E-state index in [1.165, 1.54) is 18.2 Å². The van der Waals surface area contributed by atoms with Gasteiger partial charge >= 0.3 is 0 Å². The summed E-state index contributed by atoms with van der Waals surface area (Å²) in [5.41, 5.74) is 0.645. The number of aryl methyl sites for hydroxylation is 1. The van der Waals surface area contributed by atoms with Crippen LogP contribution in [0, 0.1) is 28.9 Å². The summed E-state index contributed by atoms with van der Waals surface area (Å²) in [6.45, 7) is 1.81. The predicted octanol–water partition coefficient (Wildman–Crippen LogP) is 4.02. The quantitative estimate of drug-likeness (QED) is 0.414. The van der Waals surface area contributed by atoms with Gasteiger partial charge in [-0.05, 0) is 43.5 Å². The molecule has 9 heteroatoms. The molecule has 0 saturated carbocycles. The van der Waals surface area contributed by atoms with Crippen LogP contribution < -0.4 is 9.64 Å². The summed E-state index contributed by atoms with van der Waals surface area (Å²) in [7, 11) is 0. The Balaban J connectivity index is 1.52. The second-order valence-electron chi connectivity index (χ2n) is 7.81. The maximum Gasteiger partial charge on any atom is 0.275 e. The minimum Gasteiger partial charge on any atom is -0.457 e. The normalized spacial score (nSPS) is 26.9. The molecule has 0 radical (unpaired) electrons. The van der Waals surface area contributed by atoms with E-state index in [-0.39, 0.29) is 41.1 Å². The number of rotatable bonds is 4. The van der Waals surface area contributed by atoms with E-state index < -0.39 is 16.8 Å². The highest BCUT2D eigenvalue weighted by Gasteiger charge is 2.62. The SMILES string of the molecule is Cc1cc(Oc2cc(N3C(=O)[C@@H]4[C@H](C3=O)[C@H]3CC[C@@H]4O3)cc([N+](=O)[O-])c2)ccc1Cl. The maximum atomic E-state index is 13.0. The number of ether oxygens (including phenoxy) is 2. The van der Waals surface area contributed by atoms with Crippen molar-refractivity contribution in [2.75, 3.05) is 4.90 Å². The Morgan fingerprint density at radius 3 is 2.33 bits per heavy atom. The number of anilines is 1. The van der Waals surface area contributed by atoms with Crippen LogP contribution in [0.15, 0.2) is 36.4 Å². The lowest BCUT2D eigenvalue weighted by atomic mass is 9.81. The fourth-order valence-electron chi connectivity index (χ4n) is 4.64. The summed E-state index contributed by atoms with van der Waals surface area (Å²) in [6, 6.07) is 8.95. The molecule has 3 aliphatic rings. The molecular weight excluding hydrogens is 412 g/mol. The minimum absolute atomic E-state index is 0.133. The molecular formula is C21H17ClN2O6. The number of fused-ring (bicyclic) bond motifs is 5. The van der Waals surface area contributed by atoms with Gasteiger partial charge in [-0.1, -0.05) is 11.6 Å². The first-order chi connectivity index (χ1) is 14.3. The van der Waals surface area contributed by atoms with E-state index in [0.717, 1.165) is 23.3 Å². The number of hydrogen-bond acceptors (Lipinski definition) is 6. The number of nitro benzene ring substituents is 1. The number of non-ortho nitro benzene ring substituents is 1. The molecule has 0 spiro atoms. The first-order valence-corrected chi connectivity index (χ1v) is 9.98. The Kier molecular flexibility index (Phi) is 4.30. The molecule has 30 heavy (non-hydrogen) atoms. The summed E-state index contributed by atoms with van der Waals surface area (Å²) >= 11 is 6.03. The van der Waals surface area contributed by atoms with Crippen molar-refractivity contribution in [2.45, 2.75) is 32.0 Å². The Bertz CT molecular complexity index is 1070. The molecule has 3 aliphatic heterocycles. The smallest absolute Gasteiger partial charge is 0.275 e. The number of hydrogen-bond donors (Lipinski definition) is 0. The number of nitro groups is 1. The van der Waals surface area contributed by atoms with Crippen molar-refractivity contribution in [1.29, 1.82) is 0 Å². The van der Waals surface area contributed by atoms with E-state index in [4.69, 9.17) is 21.1 Å². The highest BCUT2D eigenvalue weighted by molar-refractivity contribution is 6.31. The van der Waals surface area contributed by atoms with Crippen LogP contribution >= 0.6 is 11.6 Å². The van der Waals surface area contributed by atoms with Gasteiger partial charge in [0.05, 0.1) is 40.7 Å². The molecule has 3 fully saturated rings.